The average Bonchev–Trinajstić information content (AvgIpc) is 2.83. The first-order valence-electron chi connectivity index (χ1n) is 6.55. The summed E-state index contributed by atoms with van der Waals surface area (Å²) in [5.41, 5.74) is 0.398. The Hall–Kier alpha value is -1.71. The van der Waals surface area contributed by atoms with Crippen molar-refractivity contribution < 1.29 is 19.1 Å². The molecule has 3 nitrogen and oxygen atoms in total. The third-order valence-corrected chi connectivity index (χ3v) is 4.02. The fourth-order valence-corrected chi connectivity index (χ4v) is 2.87. The molecule has 0 radical (unpaired) electrons. The zero-order valence-electron chi connectivity index (χ0n) is 10.8. The molecule has 1 saturated carbocycles. The molecule has 1 aromatic carbocycles. The summed E-state index contributed by atoms with van der Waals surface area (Å²) in [5.74, 6) is -2.28. The lowest BCUT2D eigenvalue weighted by Gasteiger charge is -2.14. The summed E-state index contributed by atoms with van der Waals surface area (Å²) in [6.07, 6.45) is 2.06. The van der Waals surface area contributed by atoms with Crippen molar-refractivity contribution in [3.05, 3.63) is 35.6 Å². The quantitative estimate of drug-likeness (QED) is 0.850. The Morgan fingerprint density at radius 1 is 1.21 bits per heavy atom. The lowest BCUT2D eigenvalue weighted by atomic mass is 9.88. The van der Waals surface area contributed by atoms with Gasteiger partial charge in [0, 0.05) is 11.5 Å². The van der Waals surface area contributed by atoms with E-state index in [1.165, 1.54) is 24.3 Å². The predicted molar refractivity (Wildman–Crippen MR) is 68.4 cm³/mol. The number of Topliss-reactive ketones (excluding diaryl/α,β-unsaturated/α-hetero) is 1. The zero-order valence-corrected chi connectivity index (χ0v) is 10.8. The third kappa shape index (κ3) is 2.83. The van der Waals surface area contributed by atoms with Crippen LogP contribution in [-0.4, -0.2) is 16.9 Å². The maximum atomic E-state index is 12.8. The number of hydrogen-bond donors (Lipinski definition) is 1. The lowest BCUT2D eigenvalue weighted by Crippen LogP contribution is -2.25. The second-order valence-electron chi connectivity index (χ2n) is 5.17. The van der Waals surface area contributed by atoms with Gasteiger partial charge in [-0.25, -0.2) is 4.39 Å². The van der Waals surface area contributed by atoms with E-state index < -0.39 is 23.6 Å². The fraction of sp³-hybridized carbons (Fsp3) is 0.467. The molecular formula is C15H17FO3. The molecule has 102 valence electrons. The minimum absolute atomic E-state index is 0.177. The summed E-state index contributed by atoms with van der Waals surface area (Å²) in [5, 5.41) is 9.22. The van der Waals surface area contributed by atoms with Gasteiger partial charge >= 0.3 is 5.97 Å². The van der Waals surface area contributed by atoms with Crippen molar-refractivity contribution in [3.8, 4) is 0 Å². The monoisotopic (exact) mass is 264 g/mol. The predicted octanol–water partition coefficient (Wildman–Crippen LogP) is 3.15. The minimum atomic E-state index is -0.906. The van der Waals surface area contributed by atoms with Crippen LogP contribution in [0.15, 0.2) is 24.3 Å². The highest BCUT2D eigenvalue weighted by molar-refractivity contribution is 6.00. The highest BCUT2D eigenvalue weighted by atomic mass is 19.1. The van der Waals surface area contributed by atoms with E-state index in [4.69, 9.17) is 0 Å². The number of ketones is 1. The third-order valence-electron chi connectivity index (χ3n) is 4.02. The molecule has 0 aliphatic heterocycles. The first-order chi connectivity index (χ1) is 9.02. The molecule has 0 saturated heterocycles. The van der Waals surface area contributed by atoms with Crippen LogP contribution in [0, 0.1) is 23.6 Å². The van der Waals surface area contributed by atoms with Crippen LogP contribution >= 0.6 is 0 Å². The Morgan fingerprint density at radius 3 is 2.32 bits per heavy atom. The number of halogens is 1. The molecule has 1 aromatic rings. The molecule has 1 N–H and O–H groups in total. The van der Waals surface area contributed by atoms with Crippen molar-refractivity contribution >= 4 is 11.8 Å². The van der Waals surface area contributed by atoms with Gasteiger partial charge in [-0.15, -0.1) is 0 Å². The Balaban J connectivity index is 2.21. The number of rotatable bonds is 4. The van der Waals surface area contributed by atoms with Gasteiger partial charge in [-0.3, -0.25) is 9.59 Å². The first kappa shape index (κ1) is 13.7. The molecule has 4 heteroatoms. The normalized spacial score (nSPS) is 26.3. The average molecular weight is 264 g/mol. The summed E-state index contributed by atoms with van der Waals surface area (Å²) in [4.78, 5) is 23.6. The van der Waals surface area contributed by atoms with Crippen molar-refractivity contribution in [1.82, 2.24) is 0 Å². The number of aliphatic carboxylic acids is 1. The summed E-state index contributed by atoms with van der Waals surface area (Å²) in [7, 11) is 0. The Labute approximate surface area is 111 Å². The van der Waals surface area contributed by atoms with Gasteiger partial charge in [0.15, 0.2) is 5.78 Å². The van der Waals surface area contributed by atoms with Crippen LogP contribution in [0.5, 0.6) is 0 Å². The van der Waals surface area contributed by atoms with Gasteiger partial charge in [-0.1, -0.05) is 13.3 Å². The fourth-order valence-electron chi connectivity index (χ4n) is 2.87. The summed E-state index contributed by atoms with van der Waals surface area (Å²) in [6.45, 7) is 2.01. The highest BCUT2D eigenvalue weighted by Gasteiger charge is 2.42. The van der Waals surface area contributed by atoms with E-state index in [9.17, 15) is 19.1 Å². The van der Waals surface area contributed by atoms with Crippen molar-refractivity contribution in [2.45, 2.75) is 26.2 Å². The number of benzene rings is 1. The molecule has 1 fully saturated rings. The Bertz CT molecular complexity index is 481. The minimum Gasteiger partial charge on any atom is -0.481 e. The second kappa shape index (κ2) is 5.51. The van der Waals surface area contributed by atoms with Gasteiger partial charge in [0.25, 0.3) is 0 Å². The molecule has 1 aliphatic rings. The van der Waals surface area contributed by atoms with E-state index in [0.717, 1.165) is 6.42 Å². The SMILES string of the molecule is CCC1CC(C(=O)O)C(C(=O)c2ccc(F)cc2)C1. The van der Waals surface area contributed by atoms with Crippen LogP contribution < -0.4 is 0 Å². The highest BCUT2D eigenvalue weighted by Crippen LogP contribution is 2.40. The lowest BCUT2D eigenvalue weighted by molar-refractivity contribution is -0.142. The van der Waals surface area contributed by atoms with Crippen LogP contribution in [0.3, 0.4) is 0 Å². The molecule has 3 unspecified atom stereocenters. The number of carboxylic acids is 1. The van der Waals surface area contributed by atoms with Gasteiger partial charge in [-0.05, 0) is 43.0 Å². The number of carboxylic acid groups (broad SMARTS) is 1. The van der Waals surface area contributed by atoms with Crippen LogP contribution in [-0.2, 0) is 4.79 Å². The smallest absolute Gasteiger partial charge is 0.307 e. The van der Waals surface area contributed by atoms with Crippen molar-refractivity contribution in [1.29, 1.82) is 0 Å². The molecular weight excluding hydrogens is 247 g/mol. The van der Waals surface area contributed by atoms with E-state index in [0.29, 0.717) is 18.4 Å². The van der Waals surface area contributed by atoms with Crippen molar-refractivity contribution in [2.75, 3.05) is 0 Å². The number of carbonyl (C=O) groups excluding carboxylic acids is 1. The molecule has 0 aromatic heterocycles. The second-order valence-corrected chi connectivity index (χ2v) is 5.17. The largest absolute Gasteiger partial charge is 0.481 e. The van der Waals surface area contributed by atoms with Gasteiger partial charge in [-0.2, -0.15) is 0 Å². The van der Waals surface area contributed by atoms with E-state index in [-0.39, 0.29) is 11.7 Å². The topological polar surface area (TPSA) is 54.4 Å². The van der Waals surface area contributed by atoms with E-state index in [1.807, 2.05) is 6.92 Å². The molecule has 19 heavy (non-hydrogen) atoms. The molecule has 0 spiro atoms. The molecule has 1 aliphatic carbocycles. The zero-order chi connectivity index (χ0) is 14.0. The summed E-state index contributed by atoms with van der Waals surface area (Å²) in [6, 6.07) is 5.32. The van der Waals surface area contributed by atoms with Gasteiger partial charge in [0.05, 0.1) is 5.92 Å². The molecule has 0 heterocycles. The van der Waals surface area contributed by atoms with Crippen LogP contribution in [0.1, 0.15) is 36.5 Å². The van der Waals surface area contributed by atoms with E-state index in [2.05, 4.69) is 0 Å². The van der Waals surface area contributed by atoms with Crippen LogP contribution in [0.25, 0.3) is 0 Å². The summed E-state index contributed by atoms with van der Waals surface area (Å²) >= 11 is 0. The Morgan fingerprint density at radius 2 is 1.79 bits per heavy atom. The Kier molecular flexibility index (Phi) is 3.98. The molecule has 2 rings (SSSR count). The van der Waals surface area contributed by atoms with Gasteiger partial charge < -0.3 is 5.11 Å². The van der Waals surface area contributed by atoms with Gasteiger partial charge in [0.1, 0.15) is 5.82 Å². The number of hydrogen-bond acceptors (Lipinski definition) is 2. The van der Waals surface area contributed by atoms with E-state index in [1.54, 1.807) is 0 Å². The van der Waals surface area contributed by atoms with Crippen LogP contribution in [0.2, 0.25) is 0 Å². The van der Waals surface area contributed by atoms with E-state index >= 15 is 0 Å². The van der Waals surface area contributed by atoms with Crippen molar-refractivity contribution in [2.24, 2.45) is 17.8 Å². The van der Waals surface area contributed by atoms with Crippen LogP contribution in [0.4, 0.5) is 4.39 Å². The maximum Gasteiger partial charge on any atom is 0.307 e. The molecule has 0 bridgehead atoms. The van der Waals surface area contributed by atoms with Crippen molar-refractivity contribution in [3.63, 3.8) is 0 Å². The van der Waals surface area contributed by atoms with Gasteiger partial charge in [0.2, 0.25) is 0 Å². The standard InChI is InChI=1S/C15H17FO3/c1-2-9-7-12(13(8-9)15(18)19)14(17)10-3-5-11(16)6-4-10/h3-6,9,12-13H,2,7-8H2,1H3,(H,18,19). The maximum absolute atomic E-state index is 12.8. The molecule has 3 atom stereocenters. The molecule has 0 amide bonds. The number of carbonyl (C=O) groups is 2. The first-order valence-corrected chi connectivity index (χ1v) is 6.55. The summed E-state index contributed by atoms with van der Waals surface area (Å²) < 4.78 is 12.8.